The highest BCUT2D eigenvalue weighted by Crippen LogP contribution is 2.33. The lowest BCUT2D eigenvalue weighted by Crippen LogP contribution is -2.38. The average Bonchev–Trinajstić information content (AvgIpc) is 3.37. The van der Waals surface area contributed by atoms with Gasteiger partial charge in [-0.05, 0) is 49.2 Å². The van der Waals surface area contributed by atoms with Gasteiger partial charge >= 0.3 is 0 Å². The van der Waals surface area contributed by atoms with E-state index in [1.165, 1.54) is 0 Å². The molecule has 3 aromatic rings. The number of aromatic nitrogens is 2. The maximum absolute atomic E-state index is 11.6. The molecule has 0 radical (unpaired) electrons. The minimum atomic E-state index is -1.38. The maximum Gasteiger partial charge on any atom is 0.143 e. The Hall–Kier alpha value is -2.83. The molecule has 2 atom stereocenters. The third kappa shape index (κ3) is 7.34. The molecule has 2 aromatic carbocycles. The highest BCUT2D eigenvalue weighted by molar-refractivity contribution is 6.35. The number of allylic oxidation sites excluding steroid dienone is 3. The van der Waals surface area contributed by atoms with Crippen LogP contribution in [0.2, 0.25) is 10.0 Å². The van der Waals surface area contributed by atoms with Crippen LogP contribution in [0.4, 0.5) is 0 Å². The van der Waals surface area contributed by atoms with Crippen LogP contribution in [0.15, 0.2) is 91.6 Å². The van der Waals surface area contributed by atoms with Gasteiger partial charge in [-0.15, -0.1) is 0 Å². The first-order chi connectivity index (χ1) is 17.4. The molecule has 1 aliphatic carbocycles. The Bertz CT molecular complexity index is 1210. The third-order valence-corrected chi connectivity index (χ3v) is 6.68. The molecule has 4 rings (SSSR count). The molecular formula is C29H31Cl2N3O2. The van der Waals surface area contributed by atoms with Crippen molar-refractivity contribution in [3.63, 3.8) is 0 Å². The van der Waals surface area contributed by atoms with E-state index in [1.807, 2.05) is 24.3 Å². The van der Waals surface area contributed by atoms with Crippen LogP contribution in [0.3, 0.4) is 0 Å². The van der Waals surface area contributed by atoms with Crippen molar-refractivity contribution in [2.45, 2.75) is 18.6 Å². The van der Waals surface area contributed by atoms with E-state index in [9.17, 15) is 5.11 Å². The topological polar surface area (TPSA) is 50.5 Å². The maximum atomic E-state index is 11.6. The number of nitrogens with zero attached hydrogens (tertiary/aromatic N) is 3. The van der Waals surface area contributed by atoms with E-state index < -0.39 is 5.60 Å². The molecule has 0 fully saturated rings. The second-order valence-electron chi connectivity index (χ2n) is 9.18. The standard InChI is InChI=1S/C29H31Cl2N3O2/c1-33(19-24-6-3-2-4-7-24)16-5-8-23-9-12-26(13-10-23)36-21-29(35,20-34-17-15-32-22-34)27-14-11-25(30)18-28(27)31/h2-6,8-15,17-18,22,24,35H,7,16,19-21H2,1H3/b8-5+. The number of ether oxygens (including phenoxy) is 1. The molecule has 0 amide bonds. The molecule has 0 saturated carbocycles. The van der Waals surface area contributed by atoms with Crippen LogP contribution in [-0.4, -0.2) is 46.3 Å². The molecular weight excluding hydrogens is 493 g/mol. The van der Waals surface area contributed by atoms with Crippen molar-refractivity contribution in [3.05, 3.63) is 113 Å². The summed E-state index contributed by atoms with van der Waals surface area (Å²) in [4.78, 5) is 6.40. The number of hydrogen-bond acceptors (Lipinski definition) is 4. The summed E-state index contributed by atoms with van der Waals surface area (Å²) in [6.07, 6.45) is 19.2. The molecule has 1 N–H and O–H groups in total. The van der Waals surface area contributed by atoms with Gasteiger partial charge in [0, 0.05) is 41.1 Å². The van der Waals surface area contributed by atoms with Crippen LogP contribution < -0.4 is 4.74 Å². The fourth-order valence-electron chi connectivity index (χ4n) is 4.25. The van der Waals surface area contributed by atoms with Gasteiger partial charge in [-0.25, -0.2) is 4.98 Å². The van der Waals surface area contributed by atoms with Gasteiger partial charge in [0.1, 0.15) is 18.0 Å². The number of halogens is 2. The minimum Gasteiger partial charge on any atom is -0.490 e. The molecule has 1 aromatic heterocycles. The van der Waals surface area contributed by atoms with E-state index in [0.717, 1.165) is 25.1 Å². The van der Waals surface area contributed by atoms with Crippen LogP contribution in [-0.2, 0) is 12.1 Å². The number of rotatable bonds is 11. The quantitative estimate of drug-likeness (QED) is 0.323. The highest BCUT2D eigenvalue weighted by Gasteiger charge is 2.33. The molecule has 5 nitrogen and oxygen atoms in total. The molecule has 188 valence electrons. The fraction of sp³-hybridized carbons (Fsp3) is 0.276. The Morgan fingerprint density at radius 3 is 2.72 bits per heavy atom. The lowest BCUT2D eigenvalue weighted by atomic mass is 9.94. The lowest BCUT2D eigenvalue weighted by molar-refractivity contribution is -0.0242. The Balaban J connectivity index is 1.36. The van der Waals surface area contributed by atoms with Crippen molar-refractivity contribution in [1.29, 1.82) is 0 Å². The molecule has 0 spiro atoms. The fourth-order valence-corrected chi connectivity index (χ4v) is 4.83. The van der Waals surface area contributed by atoms with E-state index in [2.05, 4.69) is 53.4 Å². The first-order valence-electron chi connectivity index (χ1n) is 12.0. The van der Waals surface area contributed by atoms with Gasteiger partial charge in [-0.3, -0.25) is 0 Å². The molecule has 1 heterocycles. The zero-order chi connectivity index (χ0) is 25.4. The van der Waals surface area contributed by atoms with Crippen LogP contribution >= 0.6 is 23.2 Å². The number of aliphatic hydroxyl groups is 1. The van der Waals surface area contributed by atoms with Gasteiger partial charge in [-0.1, -0.05) is 77.9 Å². The largest absolute Gasteiger partial charge is 0.490 e. The van der Waals surface area contributed by atoms with Gasteiger partial charge in [0.2, 0.25) is 0 Å². The van der Waals surface area contributed by atoms with Gasteiger partial charge in [-0.2, -0.15) is 0 Å². The number of likely N-dealkylation sites (N-methyl/N-ethyl adjacent to an activating group) is 1. The summed E-state index contributed by atoms with van der Waals surface area (Å²) in [5.74, 6) is 1.25. The number of benzene rings is 2. The summed E-state index contributed by atoms with van der Waals surface area (Å²) < 4.78 is 7.81. The summed E-state index contributed by atoms with van der Waals surface area (Å²) in [5.41, 5.74) is 0.255. The van der Waals surface area contributed by atoms with Crippen LogP contribution in [0.1, 0.15) is 17.5 Å². The third-order valence-electron chi connectivity index (χ3n) is 6.14. The molecule has 0 saturated heterocycles. The van der Waals surface area contributed by atoms with Gasteiger partial charge in [0.25, 0.3) is 0 Å². The molecule has 7 heteroatoms. The van der Waals surface area contributed by atoms with Crippen molar-refractivity contribution >= 4 is 29.3 Å². The highest BCUT2D eigenvalue weighted by atomic mass is 35.5. The van der Waals surface area contributed by atoms with Crippen LogP contribution in [0.5, 0.6) is 5.75 Å². The van der Waals surface area contributed by atoms with Crippen molar-refractivity contribution in [2.24, 2.45) is 5.92 Å². The number of hydrogen-bond donors (Lipinski definition) is 1. The Morgan fingerprint density at radius 2 is 2.03 bits per heavy atom. The molecule has 2 unspecified atom stereocenters. The zero-order valence-corrected chi connectivity index (χ0v) is 21.8. The second kappa shape index (κ2) is 12.4. The molecule has 36 heavy (non-hydrogen) atoms. The van der Waals surface area contributed by atoms with Gasteiger partial charge < -0.3 is 19.3 Å². The van der Waals surface area contributed by atoms with Gasteiger partial charge in [0.05, 0.1) is 12.9 Å². The first-order valence-corrected chi connectivity index (χ1v) is 12.7. The van der Waals surface area contributed by atoms with E-state index in [4.69, 9.17) is 27.9 Å². The summed E-state index contributed by atoms with van der Waals surface area (Å²) >= 11 is 12.5. The summed E-state index contributed by atoms with van der Waals surface area (Å²) in [6, 6.07) is 12.9. The summed E-state index contributed by atoms with van der Waals surface area (Å²) in [6.45, 7) is 2.17. The van der Waals surface area contributed by atoms with Crippen LogP contribution in [0.25, 0.3) is 6.08 Å². The number of imidazole rings is 1. The summed E-state index contributed by atoms with van der Waals surface area (Å²) in [7, 11) is 2.14. The second-order valence-corrected chi connectivity index (χ2v) is 10.0. The molecule has 0 aliphatic heterocycles. The van der Waals surface area contributed by atoms with Crippen molar-refractivity contribution in [1.82, 2.24) is 14.5 Å². The average molecular weight is 524 g/mol. The van der Waals surface area contributed by atoms with E-state index >= 15 is 0 Å². The van der Waals surface area contributed by atoms with E-state index in [0.29, 0.717) is 27.3 Å². The first kappa shape index (κ1) is 26.2. The van der Waals surface area contributed by atoms with E-state index in [1.54, 1.807) is 41.5 Å². The monoisotopic (exact) mass is 523 g/mol. The smallest absolute Gasteiger partial charge is 0.143 e. The minimum absolute atomic E-state index is 0.0112. The Kier molecular flexibility index (Phi) is 9.05. The lowest BCUT2D eigenvalue weighted by Gasteiger charge is -2.30. The van der Waals surface area contributed by atoms with Crippen molar-refractivity contribution in [2.75, 3.05) is 26.7 Å². The SMILES string of the molecule is CN(C/C=C/c1ccc(OCC(O)(Cn2ccnc2)c2ccc(Cl)cc2Cl)cc1)CC1C=CC=CC1. The van der Waals surface area contributed by atoms with E-state index in [-0.39, 0.29) is 13.2 Å². The zero-order valence-electron chi connectivity index (χ0n) is 20.3. The van der Waals surface area contributed by atoms with Crippen molar-refractivity contribution in [3.8, 4) is 5.75 Å². The Morgan fingerprint density at radius 1 is 1.19 bits per heavy atom. The molecule has 1 aliphatic rings. The molecule has 0 bridgehead atoms. The summed E-state index contributed by atoms with van der Waals surface area (Å²) in [5, 5.41) is 12.5. The predicted molar refractivity (Wildman–Crippen MR) is 147 cm³/mol. The Labute approximate surface area is 222 Å². The van der Waals surface area contributed by atoms with Crippen LogP contribution in [0, 0.1) is 5.92 Å². The predicted octanol–water partition coefficient (Wildman–Crippen LogP) is 6.23. The normalized spacial score (nSPS) is 17.1. The van der Waals surface area contributed by atoms with Gasteiger partial charge in [0.15, 0.2) is 0 Å². The van der Waals surface area contributed by atoms with Crippen molar-refractivity contribution < 1.29 is 9.84 Å².